The Balaban J connectivity index is 2.89. The third-order valence-corrected chi connectivity index (χ3v) is 2.97. The van der Waals surface area contributed by atoms with Gasteiger partial charge in [-0.2, -0.15) is 13.2 Å². The van der Waals surface area contributed by atoms with Crippen LogP contribution < -0.4 is 11.1 Å². The first-order valence-electron chi connectivity index (χ1n) is 4.99. The van der Waals surface area contributed by atoms with Crippen molar-refractivity contribution in [2.45, 2.75) is 6.18 Å². The molecule has 0 aliphatic carbocycles. The van der Waals surface area contributed by atoms with E-state index in [1.807, 2.05) is 0 Å². The van der Waals surface area contributed by atoms with Crippen LogP contribution in [0, 0.1) is 11.7 Å². The van der Waals surface area contributed by atoms with Crippen LogP contribution in [0.3, 0.4) is 0 Å². The van der Waals surface area contributed by atoms with Crippen LogP contribution in [0.1, 0.15) is 0 Å². The molecule has 1 unspecified atom stereocenters. The molecule has 0 spiro atoms. The van der Waals surface area contributed by atoms with Gasteiger partial charge in [0, 0.05) is 11.0 Å². The van der Waals surface area contributed by atoms with Gasteiger partial charge in [-0.15, -0.1) is 0 Å². The van der Waals surface area contributed by atoms with Gasteiger partial charge in [-0.05, 0) is 28.1 Å². The number of amidine groups is 1. The van der Waals surface area contributed by atoms with Crippen LogP contribution in [0.2, 0.25) is 0 Å². The summed E-state index contributed by atoms with van der Waals surface area (Å²) in [7, 11) is 0. The van der Waals surface area contributed by atoms with Gasteiger partial charge in [0.1, 0.15) is 11.7 Å². The smallest absolute Gasteiger partial charge is 0.400 e. The molecule has 0 aliphatic rings. The molecule has 0 aromatic heterocycles. The number of oxime groups is 1. The van der Waals surface area contributed by atoms with Crippen molar-refractivity contribution in [3.05, 3.63) is 28.5 Å². The Morgan fingerprint density at radius 1 is 1.47 bits per heavy atom. The van der Waals surface area contributed by atoms with Crippen molar-refractivity contribution in [1.29, 1.82) is 0 Å². The van der Waals surface area contributed by atoms with E-state index in [2.05, 4.69) is 26.4 Å². The number of rotatable bonds is 4. The van der Waals surface area contributed by atoms with Gasteiger partial charge in [0.2, 0.25) is 0 Å². The van der Waals surface area contributed by atoms with E-state index in [-0.39, 0.29) is 10.2 Å². The molecule has 0 radical (unpaired) electrons. The largest absolute Gasteiger partial charge is 0.409 e. The molecule has 4 nitrogen and oxygen atoms in total. The maximum absolute atomic E-state index is 13.4. The second kappa shape index (κ2) is 6.09. The molecule has 1 atom stereocenters. The molecular formula is C10H10BrF4N3O. The molecule has 0 saturated carbocycles. The molecule has 0 amide bonds. The van der Waals surface area contributed by atoms with Gasteiger partial charge in [-0.1, -0.05) is 11.2 Å². The van der Waals surface area contributed by atoms with Crippen molar-refractivity contribution in [1.82, 2.24) is 0 Å². The van der Waals surface area contributed by atoms with E-state index in [9.17, 15) is 17.6 Å². The van der Waals surface area contributed by atoms with Crippen LogP contribution in [-0.2, 0) is 0 Å². The monoisotopic (exact) mass is 343 g/mol. The fourth-order valence-corrected chi connectivity index (χ4v) is 1.81. The van der Waals surface area contributed by atoms with Crippen LogP contribution >= 0.6 is 15.9 Å². The van der Waals surface area contributed by atoms with Gasteiger partial charge in [-0.25, -0.2) is 4.39 Å². The van der Waals surface area contributed by atoms with E-state index >= 15 is 0 Å². The molecule has 0 aliphatic heterocycles. The predicted molar refractivity (Wildman–Crippen MR) is 65.5 cm³/mol. The highest BCUT2D eigenvalue weighted by molar-refractivity contribution is 9.10. The minimum absolute atomic E-state index is 0.123. The first kappa shape index (κ1) is 15.5. The van der Waals surface area contributed by atoms with Crippen molar-refractivity contribution in [2.75, 3.05) is 11.9 Å². The second-order valence-electron chi connectivity index (χ2n) is 3.60. The van der Waals surface area contributed by atoms with Crippen molar-refractivity contribution in [3.63, 3.8) is 0 Å². The number of nitrogens with one attached hydrogen (secondary N) is 1. The van der Waals surface area contributed by atoms with Crippen LogP contribution in [0.5, 0.6) is 0 Å². The van der Waals surface area contributed by atoms with E-state index in [1.54, 1.807) is 0 Å². The first-order chi connectivity index (χ1) is 8.77. The molecule has 0 heterocycles. The van der Waals surface area contributed by atoms with Crippen molar-refractivity contribution in [3.8, 4) is 0 Å². The highest BCUT2D eigenvalue weighted by Crippen LogP contribution is 2.29. The minimum atomic E-state index is -4.71. The Morgan fingerprint density at radius 2 is 2.11 bits per heavy atom. The third kappa shape index (κ3) is 3.98. The lowest BCUT2D eigenvalue weighted by Crippen LogP contribution is -2.40. The second-order valence-corrected chi connectivity index (χ2v) is 4.45. The molecule has 0 bridgehead atoms. The van der Waals surface area contributed by atoms with Crippen LogP contribution in [-0.4, -0.2) is 23.8 Å². The van der Waals surface area contributed by atoms with Gasteiger partial charge in [0.15, 0.2) is 5.84 Å². The summed E-state index contributed by atoms with van der Waals surface area (Å²) >= 11 is 3.01. The fourth-order valence-electron chi connectivity index (χ4n) is 1.33. The zero-order valence-corrected chi connectivity index (χ0v) is 11.0. The minimum Gasteiger partial charge on any atom is -0.409 e. The lowest BCUT2D eigenvalue weighted by molar-refractivity contribution is -0.152. The maximum Gasteiger partial charge on any atom is 0.400 e. The summed E-state index contributed by atoms with van der Waals surface area (Å²) in [6, 6.07) is 3.96. The van der Waals surface area contributed by atoms with E-state index in [0.29, 0.717) is 0 Å². The number of hydrogen-bond donors (Lipinski definition) is 3. The Morgan fingerprint density at radius 3 is 2.58 bits per heavy atom. The number of para-hydroxylation sites is 1. The maximum atomic E-state index is 13.4. The average Bonchev–Trinajstić information content (AvgIpc) is 2.30. The third-order valence-electron chi connectivity index (χ3n) is 2.31. The summed E-state index contributed by atoms with van der Waals surface area (Å²) < 4.78 is 51.6. The molecular weight excluding hydrogens is 334 g/mol. The average molecular weight is 344 g/mol. The molecule has 9 heteroatoms. The SMILES string of the molecule is N/C(=N/O)C(CNc1c(F)cccc1Br)C(F)(F)F. The predicted octanol–water partition coefficient (Wildman–Crippen LogP) is 2.93. The number of halogens is 5. The number of alkyl halides is 3. The summed E-state index contributed by atoms with van der Waals surface area (Å²) in [5, 5.41) is 13.0. The van der Waals surface area contributed by atoms with Crippen LogP contribution in [0.4, 0.5) is 23.2 Å². The number of anilines is 1. The van der Waals surface area contributed by atoms with Gasteiger partial charge in [0.25, 0.3) is 0 Å². The summed E-state index contributed by atoms with van der Waals surface area (Å²) in [5.41, 5.74) is 4.86. The van der Waals surface area contributed by atoms with E-state index < -0.39 is 30.3 Å². The van der Waals surface area contributed by atoms with E-state index in [4.69, 9.17) is 10.9 Å². The highest BCUT2D eigenvalue weighted by Gasteiger charge is 2.42. The van der Waals surface area contributed by atoms with Gasteiger partial charge in [0.05, 0.1) is 5.69 Å². The zero-order valence-electron chi connectivity index (χ0n) is 9.38. The standard InChI is InChI=1S/C10H10BrF4N3O/c11-6-2-1-3-7(12)8(6)17-4-5(9(16)18-19)10(13,14)15/h1-3,5,17,19H,4H2,(H2,16,18). The topological polar surface area (TPSA) is 70.6 Å². The molecule has 1 aromatic rings. The van der Waals surface area contributed by atoms with Crippen molar-refractivity contribution >= 4 is 27.5 Å². The summed E-state index contributed by atoms with van der Waals surface area (Å²) in [6.07, 6.45) is -4.71. The summed E-state index contributed by atoms with van der Waals surface area (Å²) in [6.45, 7) is -0.751. The number of benzene rings is 1. The Kier molecular flexibility index (Phi) is 4.98. The molecule has 19 heavy (non-hydrogen) atoms. The van der Waals surface area contributed by atoms with Crippen LogP contribution in [0.25, 0.3) is 0 Å². The van der Waals surface area contributed by atoms with E-state index in [1.165, 1.54) is 12.1 Å². The number of nitrogens with two attached hydrogens (primary N) is 1. The lowest BCUT2D eigenvalue weighted by Gasteiger charge is -2.20. The van der Waals surface area contributed by atoms with Crippen molar-refractivity contribution < 1.29 is 22.8 Å². The molecule has 1 aromatic carbocycles. The summed E-state index contributed by atoms with van der Waals surface area (Å²) in [4.78, 5) is 0. The zero-order chi connectivity index (χ0) is 14.6. The number of hydrogen-bond acceptors (Lipinski definition) is 3. The van der Waals surface area contributed by atoms with Crippen molar-refractivity contribution in [2.24, 2.45) is 16.8 Å². The van der Waals surface area contributed by atoms with Crippen LogP contribution in [0.15, 0.2) is 27.8 Å². The highest BCUT2D eigenvalue weighted by atomic mass is 79.9. The molecule has 106 valence electrons. The van der Waals surface area contributed by atoms with Gasteiger partial charge >= 0.3 is 6.18 Å². The fraction of sp³-hybridized carbons (Fsp3) is 0.300. The Labute approximate surface area is 114 Å². The van der Waals surface area contributed by atoms with E-state index in [0.717, 1.165) is 6.07 Å². The lowest BCUT2D eigenvalue weighted by atomic mass is 10.1. The molecule has 1 rings (SSSR count). The molecule has 4 N–H and O–H groups in total. The molecule has 0 fully saturated rings. The summed E-state index contributed by atoms with van der Waals surface area (Å²) in [5.74, 6) is -3.92. The van der Waals surface area contributed by atoms with Gasteiger partial charge < -0.3 is 16.3 Å². The quantitative estimate of drug-likeness (QED) is 0.259. The number of nitrogens with zero attached hydrogens (tertiary/aromatic N) is 1. The Bertz CT molecular complexity index is 458. The molecule has 0 saturated heterocycles. The first-order valence-corrected chi connectivity index (χ1v) is 5.78. The normalized spacial score (nSPS) is 14.3. The Hall–Kier alpha value is -1.51. The van der Waals surface area contributed by atoms with Gasteiger partial charge in [-0.3, -0.25) is 0 Å².